The van der Waals surface area contributed by atoms with E-state index in [9.17, 15) is 5.11 Å². The molecule has 0 spiro atoms. The first-order valence-corrected chi connectivity index (χ1v) is 5.45. The Hall–Kier alpha value is -1.64. The number of aliphatic hydroxyl groups excluding tert-OH is 1. The highest BCUT2D eigenvalue weighted by Crippen LogP contribution is 2.03. The molecule has 0 aliphatic heterocycles. The molecule has 3 heteroatoms. The molecule has 0 aromatic heterocycles. The normalized spacial score (nSPS) is 12.2. The second-order valence-corrected chi connectivity index (χ2v) is 3.49. The Morgan fingerprint density at radius 1 is 1.38 bits per heavy atom. The number of methoxy groups -OCH3 is 1. The van der Waals surface area contributed by atoms with E-state index in [4.69, 9.17) is 4.74 Å². The Morgan fingerprint density at radius 2 is 2.00 bits per heavy atom. The van der Waals surface area contributed by atoms with Gasteiger partial charge >= 0.3 is 0 Å². The number of ether oxygens (including phenoxy) is 1. The summed E-state index contributed by atoms with van der Waals surface area (Å²) < 4.78 is 5.24. The van der Waals surface area contributed by atoms with Gasteiger partial charge in [0.05, 0.1) is 12.3 Å². The van der Waals surface area contributed by atoms with Crippen LogP contribution in [0, 0.1) is 0 Å². The maximum atomic E-state index is 10.2. The van der Waals surface area contributed by atoms with Gasteiger partial charge in [-0.2, -0.15) is 0 Å². The van der Waals surface area contributed by atoms with Gasteiger partial charge in [0.1, 0.15) is 5.75 Å². The van der Waals surface area contributed by atoms with Crippen LogP contribution in [0.3, 0.4) is 0 Å². The van der Waals surface area contributed by atoms with Gasteiger partial charge in [-0.15, -0.1) is 0 Å². The minimum atomic E-state index is 0.229. The van der Waals surface area contributed by atoms with Crippen molar-refractivity contribution in [3.63, 3.8) is 0 Å². The van der Waals surface area contributed by atoms with Crippen LogP contribution in [0.15, 0.2) is 18.2 Å². The molecule has 3 nitrogen and oxygen atoms in total. The molecule has 16 heavy (non-hydrogen) atoms. The molecule has 0 heterocycles. The third-order valence-corrected chi connectivity index (χ3v) is 2.62. The summed E-state index contributed by atoms with van der Waals surface area (Å²) in [4.78, 5) is 1.87. The minimum absolute atomic E-state index is 0.229. The van der Waals surface area contributed by atoms with Gasteiger partial charge in [0.15, 0.2) is 5.88 Å². The lowest BCUT2D eigenvalue weighted by Gasteiger charge is -2.20. The third kappa shape index (κ3) is 2.30. The molecular formula is C13H19NO2. The fourth-order valence-electron chi connectivity index (χ4n) is 1.68. The lowest BCUT2D eigenvalue weighted by molar-refractivity contribution is 0.300. The molecule has 88 valence electrons. The molecule has 1 rings (SSSR count). The molecule has 0 saturated heterocycles. The standard InChI is InChI=1S/C13H19NO2/c1-5-14(6-2)13(15)12-10(3)8-7-9-11(12)16-4/h7-9,15H,3,5-6H2,1-2,4H3/b13-12-. The lowest BCUT2D eigenvalue weighted by Crippen LogP contribution is -2.34. The summed E-state index contributed by atoms with van der Waals surface area (Å²) in [5.74, 6) is 0.879. The van der Waals surface area contributed by atoms with Crippen molar-refractivity contribution in [1.29, 1.82) is 0 Å². The predicted molar refractivity (Wildman–Crippen MR) is 66.7 cm³/mol. The Bertz CT molecular complexity index is 449. The number of rotatable bonds is 4. The van der Waals surface area contributed by atoms with E-state index in [1.807, 2.05) is 36.9 Å². The van der Waals surface area contributed by atoms with E-state index < -0.39 is 0 Å². The van der Waals surface area contributed by atoms with Gasteiger partial charge in [-0.05, 0) is 25.1 Å². The summed E-state index contributed by atoms with van der Waals surface area (Å²) in [6, 6.07) is 5.54. The Morgan fingerprint density at radius 3 is 2.50 bits per heavy atom. The van der Waals surface area contributed by atoms with Crippen molar-refractivity contribution in [3.05, 3.63) is 28.6 Å². The Kier molecular flexibility index (Phi) is 4.23. The second kappa shape index (κ2) is 5.45. The monoisotopic (exact) mass is 221 g/mol. The average molecular weight is 221 g/mol. The van der Waals surface area contributed by atoms with Gasteiger partial charge in [-0.3, -0.25) is 0 Å². The fourth-order valence-corrected chi connectivity index (χ4v) is 1.68. The highest BCUT2D eigenvalue weighted by atomic mass is 16.5. The first kappa shape index (κ1) is 12.4. The van der Waals surface area contributed by atoms with Gasteiger partial charge in [0, 0.05) is 13.1 Å². The van der Waals surface area contributed by atoms with Crippen molar-refractivity contribution in [2.24, 2.45) is 0 Å². The highest BCUT2D eigenvalue weighted by Gasteiger charge is 2.07. The molecule has 0 atom stereocenters. The molecule has 1 N–H and O–H groups in total. The zero-order valence-corrected chi connectivity index (χ0v) is 10.2. The number of hydrogen-bond acceptors (Lipinski definition) is 3. The topological polar surface area (TPSA) is 32.7 Å². The summed E-state index contributed by atoms with van der Waals surface area (Å²) in [7, 11) is 1.59. The molecule has 0 bridgehead atoms. The largest absolute Gasteiger partial charge is 0.496 e. The van der Waals surface area contributed by atoms with Crippen LogP contribution in [0.2, 0.25) is 0 Å². The maximum absolute atomic E-state index is 10.2. The summed E-state index contributed by atoms with van der Waals surface area (Å²) in [6.07, 6.45) is 0. The zero-order chi connectivity index (χ0) is 12.1. The highest BCUT2D eigenvalue weighted by molar-refractivity contribution is 5.41. The number of nitrogens with zero attached hydrogens (tertiary/aromatic N) is 1. The molecular weight excluding hydrogens is 202 g/mol. The van der Waals surface area contributed by atoms with E-state index in [0.29, 0.717) is 11.0 Å². The van der Waals surface area contributed by atoms with Crippen LogP contribution in [-0.4, -0.2) is 30.2 Å². The number of hydrogen-bond donors (Lipinski definition) is 1. The lowest BCUT2D eigenvalue weighted by atomic mass is 10.2. The van der Waals surface area contributed by atoms with E-state index in [1.165, 1.54) is 0 Å². The first-order chi connectivity index (χ1) is 7.65. The Labute approximate surface area is 96.3 Å². The maximum Gasteiger partial charge on any atom is 0.198 e. The first-order valence-electron chi connectivity index (χ1n) is 5.45. The molecule has 0 aliphatic rings. The molecule has 0 radical (unpaired) electrons. The smallest absolute Gasteiger partial charge is 0.198 e. The third-order valence-electron chi connectivity index (χ3n) is 2.62. The fraction of sp³-hybridized carbons (Fsp3) is 0.385. The number of benzene rings is 1. The SMILES string of the molecule is C=c1cccc(OC)/c1=C(\O)N(CC)CC. The second-order valence-electron chi connectivity index (χ2n) is 3.49. The predicted octanol–water partition coefficient (Wildman–Crippen LogP) is 1.07. The van der Waals surface area contributed by atoms with Crippen LogP contribution in [-0.2, 0) is 0 Å². The van der Waals surface area contributed by atoms with Gasteiger partial charge in [0.25, 0.3) is 0 Å². The molecule has 1 aromatic carbocycles. The van der Waals surface area contributed by atoms with Gasteiger partial charge in [-0.25, -0.2) is 0 Å². The minimum Gasteiger partial charge on any atom is -0.496 e. The summed E-state index contributed by atoms with van der Waals surface area (Å²) in [6.45, 7) is 9.41. The van der Waals surface area contributed by atoms with E-state index in [0.717, 1.165) is 18.3 Å². The van der Waals surface area contributed by atoms with Crippen molar-refractivity contribution in [3.8, 4) is 5.75 Å². The summed E-state index contributed by atoms with van der Waals surface area (Å²) in [5.41, 5.74) is 0. The van der Waals surface area contributed by atoms with Gasteiger partial charge in [-0.1, -0.05) is 18.7 Å². The van der Waals surface area contributed by atoms with Crippen LogP contribution in [0.5, 0.6) is 5.75 Å². The van der Waals surface area contributed by atoms with Crippen LogP contribution >= 0.6 is 0 Å². The van der Waals surface area contributed by atoms with Gasteiger partial charge in [0.2, 0.25) is 0 Å². The Balaban J connectivity index is 3.50. The van der Waals surface area contributed by atoms with Crippen molar-refractivity contribution >= 4 is 12.5 Å². The molecule has 0 aliphatic carbocycles. The molecule has 0 saturated carbocycles. The van der Waals surface area contributed by atoms with E-state index in [1.54, 1.807) is 7.11 Å². The van der Waals surface area contributed by atoms with E-state index in [2.05, 4.69) is 6.58 Å². The quantitative estimate of drug-likeness (QED) is 0.825. The summed E-state index contributed by atoms with van der Waals surface area (Å²) >= 11 is 0. The van der Waals surface area contributed by atoms with E-state index in [-0.39, 0.29) is 5.88 Å². The molecule has 1 aromatic rings. The number of aliphatic hydroxyl groups is 1. The molecule has 0 fully saturated rings. The summed E-state index contributed by atoms with van der Waals surface area (Å²) in [5, 5.41) is 11.6. The van der Waals surface area contributed by atoms with Crippen LogP contribution < -0.4 is 15.2 Å². The van der Waals surface area contributed by atoms with Gasteiger partial charge < -0.3 is 14.7 Å². The van der Waals surface area contributed by atoms with Crippen molar-refractivity contribution in [1.82, 2.24) is 4.90 Å². The molecule has 0 amide bonds. The molecule has 0 unspecified atom stereocenters. The van der Waals surface area contributed by atoms with Crippen LogP contribution in [0.25, 0.3) is 12.5 Å². The average Bonchev–Trinajstić information content (AvgIpc) is 2.29. The van der Waals surface area contributed by atoms with Crippen molar-refractivity contribution in [2.75, 3.05) is 20.2 Å². The van der Waals surface area contributed by atoms with Crippen LogP contribution in [0.4, 0.5) is 0 Å². The van der Waals surface area contributed by atoms with Crippen molar-refractivity contribution < 1.29 is 9.84 Å². The zero-order valence-electron chi connectivity index (χ0n) is 10.2. The van der Waals surface area contributed by atoms with Crippen molar-refractivity contribution in [2.45, 2.75) is 13.8 Å². The van der Waals surface area contributed by atoms with E-state index >= 15 is 0 Å². The van der Waals surface area contributed by atoms with Crippen LogP contribution in [0.1, 0.15) is 13.8 Å².